The highest BCUT2D eigenvalue weighted by Gasteiger charge is 2.08. The lowest BCUT2D eigenvalue weighted by atomic mass is 10.1. The predicted molar refractivity (Wildman–Crippen MR) is 94.4 cm³/mol. The average Bonchev–Trinajstić information content (AvgIpc) is 2.57. The van der Waals surface area contributed by atoms with Crippen molar-refractivity contribution in [1.82, 2.24) is 0 Å². The van der Waals surface area contributed by atoms with Gasteiger partial charge in [-0.25, -0.2) is 4.39 Å². The van der Waals surface area contributed by atoms with E-state index in [1.807, 2.05) is 24.3 Å². The highest BCUT2D eigenvalue weighted by atomic mass is 32.2. The average molecular weight is 325 g/mol. The Hall–Kier alpha value is -2.33. The van der Waals surface area contributed by atoms with Crippen LogP contribution in [0, 0.1) is 12.7 Å². The molecular formula is C19H16FNOS. The molecule has 0 radical (unpaired) electrons. The second-order valence-electron chi connectivity index (χ2n) is 5.26. The third-order valence-electron chi connectivity index (χ3n) is 3.63. The number of nitrogens with one attached hydrogen (secondary N) is 1. The Kier molecular flexibility index (Phi) is 4.63. The third-order valence-corrected chi connectivity index (χ3v) is 4.63. The van der Waals surface area contributed by atoms with Gasteiger partial charge in [0.1, 0.15) is 5.82 Å². The molecule has 1 amide bonds. The number of benzene rings is 3. The Labute approximate surface area is 138 Å². The van der Waals surface area contributed by atoms with Gasteiger partial charge in [-0.15, -0.1) is 11.8 Å². The maximum atomic E-state index is 13.5. The summed E-state index contributed by atoms with van der Waals surface area (Å²) in [5.74, 6) is -0.171. The molecule has 3 aromatic carbocycles. The SMILES string of the molecule is Cc1c(F)cccc1NC(=O)CSc1ccc2ccccc2c1. The second-order valence-corrected chi connectivity index (χ2v) is 6.31. The summed E-state index contributed by atoms with van der Waals surface area (Å²) in [6, 6.07) is 18.9. The van der Waals surface area contributed by atoms with Crippen LogP contribution in [0.2, 0.25) is 0 Å². The summed E-state index contributed by atoms with van der Waals surface area (Å²) in [7, 11) is 0. The van der Waals surface area contributed by atoms with Crippen molar-refractivity contribution >= 4 is 34.1 Å². The molecule has 3 aromatic rings. The monoisotopic (exact) mass is 325 g/mol. The first-order valence-corrected chi connectivity index (χ1v) is 8.28. The van der Waals surface area contributed by atoms with Gasteiger partial charge in [0.2, 0.25) is 5.91 Å². The molecule has 0 fully saturated rings. The smallest absolute Gasteiger partial charge is 0.234 e. The maximum Gasteiger partial charge on any atom is 0.234 e. The van der Waals surface area contributed by atoms with Crippen molar-refractivity contribution in [2.24, 2.45) is 0 Å². The quantitative estimate of drug-likeness (QED) is 0.683. The van der Waals surface area contributed by atoms with E-state index in [0.717, 1.165) is 10.3 Å². The number of thioether (sulfide) groups is 1. The van der Waals surface area contributed by atoms with Crippen LogP contribution in [-0.4, -0.2) is 11.7 Å². The van der Waals surface area contributed by atoms with Crippen molar-refractivity contribution in [3.05, 3.63) is 72.0 Å². The Morgan fingerprint density at radius 3 is 2.65 bits per heavy atom. The fourth-order valence-electron chi connectivity index (χ4n) is 2.34. The highest BCUT2D eigenvalue weighted by Crippen LogP contribution is 2.24. The molecule has 0 unspecified atom stereocenters. The molecule has 0 aliphatic carbocycles. The molecule has 116 valence electrons. The zero-order valence-corrected chi connectivity index (χ0v) is 13.5. The Morgan fingerprint density at radius 1 is 1.04 bits per heavy atom. The summed E-state index contributed by atoms with van der Waals surface area (Å²) >= 11 is 1.47. The third kappa shape index (κ3) is 3.71. The molecule has 1 N–H and O–H groups in total. The van der Waals surface area contributed by atoms with Crippen LogP contribution >= 0.6 is 11.8 Å². The zero-order chi connectivity index (χ0) is 16.2. The molecule has 0 saturated carbocycles. The van der Waals surface area contributed by atoms with Gasteiger partial charge in [0, 0.05) is 16.1 Å². The van der Waals surface area contributed by atoms with Crippen molar-refractivity contribution in [1.29, 1.82) is 0 Å². The topological polar surface area (TPSA) is 29.1 Å². The van der Waals surface area contributed by atoms with Crippen LogP contribution in [0.15, 0.2) is 65.6 Å². The fourth-order valence-corrected chi connectivity index (χ4v) is 3.08. The summed E-state index contributed by atoms with van der Waals surface area (Å²) in [5, 5.41) is 5.09. The fraction of sp³-hybridized carbons (Fsp3) is 0.105. The molecule has 3 rings (SSSR count). The van der Waals surface area contributed by atoms with Gasteiger partial charge in [0.15, 0.2) is 0 Å². The van der Waals surface area contributed by atoms with E-state index in [1.54, 1.807) is 19.1 Å². The molecular weight excluding hydrogens is 309 g/mol. The standard InChI is InChI=1S/C19H16FNOS/c1-13-17(20)7-4-8-18(13)21-19(22)12-23-16-10-9-14-5-2-3-6-15(14)11-16/h2-11H,12H2,1H3,(H,21,22). The van der Waals surface area contributed by atoms with Crippen LogP contribution in [0.25, 0.3) is 10.8 Å². The molecule has 4 heteroatoms. The molecule has 0 heterocycles. The molecule has 23 heavy (non-hydrogen) atoms. The van der Waals surface area contributed by atoms with Gasteiger partial charge >= 0.3 is 0 Å². The minimum absolute atomic E-state index is 0.142. The maximum absolute atomic E-state index is 13.5. The van der Waals surface area contributed by atoms with Crippen LogP contribution in [0.5, 0.6) is 0 Å². The van der Waals surface area contributed by atoms with Gasteiger partial charge in [0.05, 0.1) is 5.75 Å². The molecule has 0 bridgehead atoms. The van der Waals surface area contributed by atoms with Gasteiger partial charge in [-0.05, 0) is 42.0 Å². The highest BCUT2D eigenvalue weighted by molar-refractivity contribution is 8.00. The number of halogens is 1. The Bertz CT molecular complexity index is 863. The first-order valence-electron chi connectivity index (χ1n) is 7.30. The second kappa shape index (κ2) is 6.84. The van der Waals surface area contributed by atoms with E-state index >= 15 is 0 Å². The Morgan fingerprint density at radius 2 is 1.83 bits per heavy atom. The zero-order valence-electron chi connectivity index (χ0n) is 12.7. The van der Waals surface area contributed by atoms with Crippen LogP contribution in [0.1, 0.15) is 5.56 Å². The van der Waals surface area contributed by atoms with Crippen LogP contribution < -0.4 is 5.32 Å². The molecule has 0 atom stereocenters. The van der Waals surface area contributed by atoms with E-state index in [2.05, 4.69) is 23.5 Å². The van der Waals surface area contributed by atoms with E-state index < -0.39 is 0 Å². The number of anilines is 1. The van der Waals surface area contributed by atoms with E-state index in [9.17, 15) is 9.18 Å². The first-order chi connectivity index (χ1) is 11.1. The number of rotatable bonds is 4. The molecule has 2 nitrogen and oxygen atoms in total. The van der Waals surface area contributed by atoms with E-state index in [-0.39, 0.29) is 17.5 Å². The summed E-state index contributed by atoms with van der Waals surface area (Å²) in [5.41, 5.74) is 0.977. The number of fused-ring (bicyclic) bond motifs is 1. The van der Waals surface area contributed by atoms with E-state index in [1.165, 1.54) is 23.2 Å². The van der Waals surface area contributed by atoms with Crippen molar-refractivity contribution in [3.63, 3.8) is 0 Å². The summed E-state index contributed by atoms with van der Waals surface area (Å²) in [6.45, 7) is 1.65. The normalized spacial score (nSPS) is 10.7. The van der Waals surface area contributed by atoms with Gasteiger partial charge in [0.25, 0.3) is 0 Å². The van der Waals surface area contributed by atoms with E-state index in [0.29, 0.717) is 11.3 Å². The van der Waals surface area contributed by atoms with Crippen molar-refractivity contribution in [2.75, 3.05) is 11.1 Å². The lowest BCUT2D eigenvalue weighted by Crippen LogP contribution is -2.15. The largest absolute Gasteiger partial charge is 0.325 e. The van der Waals surface area contributed by atoms with Gasteiger partial charge < -0.3 is 5.32 Å². The molecule has 0 aliphatic heterocycles. The first kappa shape index (κ1) is 15.6. The molecule has 0 aliphatic rings. The van der Waals surface area contributed by atoms with Crippen molar-refractivity contribution in [2.45, 2.75) is 11.8 Å². The lowest BCUT2D eigenvalue weighted by molar-refractivity contribution is -0.113. The summed E-state index contributed by atoms with van der Waals surface area (Å²) < 4.78 is 13.5. The Balaban J connectivity index is 1.65. The number of carbonyl (C=O) groups excluding carboxylic acids is 1. The van der Waals surface area contributed by atoms with Gasteiger partial charge in [-0.2, -0.15) is 0 Å². The minimum Gasteiger partial charge on any atom is -0.325 e. The molecule has 0 saturated heterocycles. The van der Waals surface area contributed by atoms with Crippen molar-refractivity contribution in [3.8, 4) is 0 Å². The number of carbonyl (C=O) groups is 1. The van der Waals surface area contributed by atoms with Crippen molar-refractivity contribution < 1.29 is 9.18 Å². The van der Waals surface area contributed by atoms with Gasteiger partial charge in [-0.1, -0.05) is 36.4 Å². The molecule has 0 aromatic heterocycles. The van der Waals surface area contributed by atoms with Crippen LogP contribution in [0.3, 0.4) is 0 Å². The minimum atomic E-state index is -0.315. The van der Waals surface area contributed by atoms with Crippen LogP contribution in [-0.2, 0) is 4.79 Å². The van der Waals surface area contributed by atoms with E-state index in [4.69, 9.17) is 0 Å². The number of hydrogen-bond acceptors (Lipinski definition) is 2. The lowest BCUT2D eigenvalue weighted by Gasteiger charge is -2.09. The summed E-state index contributed by atoms with van der Waals surface area (Å²) in [4.78, 5) is 13.1. The molecule has 0 spiro atoms. The van der Waals surface area contributed by atoms with Crippen LogP contribution in [0.4, 0.5) is 10.1 Å². The number of hydrogen-bond donors (Lipinski definition) is 1. The van der Waals surface area contributed by atoms with Gasteiger partial charge in [-0.3, -0.25) is 4.79 Å². The predicted octanol–water partition coefficient (Wildman–Crippen LogP) is 5.02. The number of amides is 1. The summed E-state index contributed by atoms with van der Waals surface area (Å²) in [6.07, 6.45) is 0.